The summed E-state index contributed by atoms with van der Waals surface area (Å²) in [7, 11) is -0.422. The lowest BCUT2D eigenvalue weighted by atomic mass is 9.77. The molecule has 3 N–H and O–H groups in total. The van der Waals surface area contributed by atoms with Crippen LogP contribution < -0.4 is 16.5 Å². The van der Waals surface area contributed by atoms with Crippen molar-refractivity contribution in [1.82, 2.24) is 0 Å². The summed E-state index contributed by atoms with van der Waals surface area (Å²) < 4.78 is 12.1. The third-order valence-electron chi connectivity index (χ3n) is 4.09. The number of rotatable bonds is 3. The molecule has 0 radical (unpaired) electrons. The number of hydrogen-bond donors (Lipinski definition) is 2. The van der Waals surface area contributed by atoms with E-state index in [9.17, 15) is 0 Å². The van der Waals surface area contributed by atoms with E-state index in [-0.39, 0.29) is 11.2 Å². The minimum absolute atomic E-state index is 0.325. The Morgan fingerprint density at radius 1 is 1.10 bits per heavy atom. The molecule has 1 saturated heterocycles. The first kappa shape index (κ1) is 15.2. The molecule has 1 aliphatic heterocycles. The van der Waals surface area contributed by atoms with E-state index in [4.69, 9.17) is 15.0 Å². The summed E-state index contributed by atoms with van der Waals surface area (Å²) in [5, 5.41) is 3.34. The van der Waals surface area contributed by atoms with Crippen LogP contribution in [0.1, 0.15) is 41.5 Å². The number of nitrogens with two attached hydrogens (primary N) is 1. The van der Waals surface area contributed by atoms with Crippen molar-refractivity contribution in [2.75, 3.05) is 11.1 Å². The molecule has 20 heavy (non-hydrogen) atoms. The lowest BCUT2D eigenvalue weighted by molar-refractivity contribution is 0.00578. The average Bonchev–Trinajstić information content (AvgIpc) is 2.50. The molecule has 1 aromatic rings. The summed E-state index contributed by atoms with van der Waals surface area (Å²) in [6.45, 7) is 12.3. The molecule has 2 rings (SSSR count). The maximum atomic E-state index is 6.27. The Morgan fingerprint density at radius 2 is 1.65 bits per heavy atom. The fourth-order valence-corrected chi connectivity index (χ4v) is 2.20. The van der Waals surface area contributed by atoms with Crippen LogP contribution in [-0.2, 0) is 9.31 Å². The molecule has 0 aromatic heterocycles. The fraction of sp³-hybridized carbons (Fsp3) is 0.600. The topological polar surface area (TPSA) is 56.5 Å². The van der Waals surface area contributed by atoms with E-state index in [1.54, 1.807) is 0 Å². The van der Waals surface area contributed by atoms with Gasteiger partial charge in [0.05, 0.1) is 22.6 Å². The summed E-state index contributed by atoms with van der Waals surface area (Å²) in [6, 6.07) is 6.24. The van der Waals surface area contributed by atoms with Crippen molar-refractivity contribution in [3.63, 3.8) is 0 Å². The molecule has 0 atom stereocenters. The van der Waals surface area contributed by atoms with Crippen LogP contribution in [0.4, 0.5) is 11.4 Å². The molecule has 1 aromatic carbocycles. The van der Waals surface area contributed by atoms with Gasteiger partial charge in [-0.15, -0.1) is 0 Å². The highest BCUT2D eigenvalue weighted by Crippen LogP contribution is 2.37. The number of anilines is 2. The van der Waals surface area contributed by atoms with Crippen LogP contribution in [0.2, 0.25) is 0 Å². The molecule has 0 saturated carbocycles. The zero-order valence-corrected chi connectivity index (χ0v) is 13.3. The van der Waals surface area contributed by atoms with Crippen molar-refractivity contribution in [2.45, 2.75) is 58.8 Å². The van der Waals surface area contributed by atoms with E-state index in [0.29, 0.717) is 11.7 Å². The molecule has 110 valence electrons. The molecule has 1 fully saturated rings. The Hall–Kier alpha value is -1.20. The standard InChI is InChI=1S/C15H25BN2O2/c1-10(2)18-12-9-7-8-11(13(12)17)16-19-14(3,4)15(5,6)20-16/h7-10,18H,17H2,1-6H3. The van der Waals surface area contributed by atoms with Gasteiger partial charge in [-0.2, -0.15) is 0 Å². The highest BCUT2D eigenvalue weighted by molar-refractivity contribution is 6.64. The van der Waals surface area contributed by atoms with E-state index in [2.05, 4.69) is 19.2 Å². The van der Waals surface area contributed by atoms with Crippen molar-refractivity contribution in [3.05, 3.63) is 18.2 Å². The average molecular weight is 276 g/mol. The second-order valence-electron chi connectivity index (χ2n) is 6.70. The van der Waals surface area contributed by atoms with E-state index in [1.165, 1.54) is 0 Å². The summed E-state index contributed by atoms with van der Waals surface area (Å²) >= 11 is 0. The Labute approximate surface area is 122 Å². The van der Waals surface area contributed by atoms with Crippen LogP contribution in [-0.4, -0.2) is 24.4 Å². The third kappa shape index (κ3) is 2.65. The van der Waals surface area contributed by atoms with Gasteiger partial charge in [0.2, 0.25) is 0 Å². The zero-order chi connectivity index (χ0) is 15.1. The van der Waals surface area contributed by atoms with Crippen molar-refractivity contribution in [2.24, 2.45) is 0 Å². The molecule has 1 aliphatic rings. The summed E-state index contributed by atoms with van der Waals surface area (Å²) in [6.07, 6.45) is 0. The molecule has 0 bridgehead atoms. The van der Waals surface area contributed by atoms with Crippen LogP contribution in [0, 0.1) is 0 Å². The zero-order valence-electron chi connectivity index (χ0n) is 13.3. The number of benzene rings is 1. The van der Waals surface area contributed by atoms with Gasteiger partial charge in [-0.05, 0) is 47.6 Å². The molecular formula is C15H25BN2O2. The first-order valence-electron chi connectivity index (χ1n) is 7.14. The Morgan fingerprint density at radius 3 is 2.15 bits per heavy atom. The number of nitrogen functional groups attached to an aromatic ring is 1. The SMILES string of the molecule is CC(C)Nc1cccc(B2OC(C)(C)C(C)(C)O2)c1N. The van der Waals surface area contributed by atoms with Gasteiger partial charge in [0.25, 0.3) is 0 Å². The fourth-order valence-electron chi connectivity index (χ4n) is 2.20. The summed E-state index contributed by atoms with van der Waals surface area (Å²) in [5.41, 5.74) is 8.06. The molecule has 4 nitrogen and oxygen atoms in total. The Bertz CT molecular complexity index is 485. The van der Waals surface area contributed by atoms with Crippen LogP contribution in [0.25, 0.3) is 0 Å². The molecule has 0 unspecified atom stereocenters. The second-order valence-corrected chi connectivity index (χ2v) is 6.70. The molecule has 0 spiro atoms. The molecule has 0 amide bonds. The van der Waals surface area contributed by atoms with E-state index in [0.717, 1.165) is 11.2 Å². The minimum Gasteiger partial charge on any atom is -0.399 e. The van der Waals surface area contributed by atoms with Gasteiger partial charge in [0.1, 0.15) is 0 Å². The summed E-state index contributed by atoms with van der Waals surface area (Å²) in [5.74, 6) is 0. The van der Waals surface area contributed by atoms with Crippen LogP contribution in [0.15, 0.2) is 18.2 Å². The van der Waals surface area contributed by atoms with Gasteiger partial charge in [0, 0.05) is 11.5 Å². The first-order chi connectivity index (χ1) is 9.14. The summed E-state index contributed by atoms with van der Waals surface area (Å²) in [4.78, 5) is 0. The lowest BCUT2D eigenvalue weighted by Gasteiger charge is -2.32. The number of para-hydroxylation sites is 1. The molecule has 1 heterocycles. The molecule has 5 heteroatoms. The first-order valence-corrected chi connectivity index (χ1v) is 7.14. The van der Waals surface area contributed by atoms with Gasteiger partial charge in [-0.3, -0.25) is 0 Å². The maximum absolute atomic E-state index is 6.27. The Kier molecular flexibility index (Phi) is 3.78. The second kappa shape index (κ2) is 4.97. The predicted molar refractivity (Wildman–Crippen MR) is 85.3 cm³/mol. The third-order valence-corrected chi connectivity index (χ3v) is 4.09. The van der Waals surface area contributed by atoms with Crippen molar-refractivity contribution in [3.8, 4) is 0 Å². The van der Waals surface area contributed by atoms with E-state index >= 15 is 0 Å². The molecule has 0 aliphatic carbocycles. The normalized spacial score (nSPS) is 20.4. The largest absolute Gasteiger partial charge is 0.497 e. The number of hydrogen-bond acceptors (Lipinski definition) is 4. The van der Waals surface area contributed by atoms with Gasteiger partial charge < -0.3 is 20.4 Å². The van der Waals surface area contributed by atoms with E-state index in [1.807, 2.05) is 45.9 Å². The maximum Gasteiger partial charge on any atom is 0.497 e. The quantitative estimate of drug-likeness (QED) is 0.657. The Balaban J connectivity index is 2.31. The minimum atomic E-state index is -0.422. The highest BCUT2D eigenvalue weighted by Gasteiger charge is 2.52. The van der Waals surface area contributed by atoms with E-state index < -0.39 is 7.12 Å². The van der Waals surface area contributed by atoms with Crippen LogP contribution in [0.3, 0.4) is 0 Å². The van der Waals surface area contributed by atoms with Gasteiger partial charge in [0.15, 0.2) is 0 Å². The van der Waals surface area contributed by atoms with Crippen LogP contribution >= 0.6 is 0 Å². The lowest BCUT2D eigenvalue weighted by Crippen LogP contribution is -2.41. The van der Waals surface area contributed by atoms with Gasteiger partial charge >= 0.3 is 7.12 Å². The van der Waals surface area contributed by atoms with Crippen LogP contribution in [0.5, 0.6) is 0 Å². The number of nitrogens with one attached hydrogen (secondary N) is 1. The van der Waals surface area contributed by atoms with Crippen molar-refractivity contribution in [1.29, 1.82) is 0 Å². The highest BCUT2D eigenvalue weighted by atomic mass is 16.7. The predicted octanol–water partition coefficient (Wildman–Crippen LogP) is 2.39. The van der Waals surface area contributed by atoms with Crippen molar-refractivity contribution < 1.29 is 9.31 Å². The van der Waals surface area contributed by atoms with Crippen molar-refractivity contribution >= 4 is 24.0 Å². The van der Waals surface area contributed by atoms with Gasteiger partial charge in [-0.25, -0.2) is 0 Å². The van der Waals surface area contributed by atoms with Gasteiger partial charge in [-0.1, -0.05) is 12.1 Å². The monoisotopic (exact) mass is 276 g/mol. The molecular weight excluding hydrogens is 251 g/mol. The smallest absolute Gasteiger partial charge is 0.399 e.